The maximum Gasteiger partial charge on any atom is 0.164 e. The smallest absolute Gasteiger partial charge is 0.164 e. The molecule has 0 fully saturated rings. The molecule has 0 unspecified atom stereocenters. The molecular formula is C45H26N4S2. The highest BCUT2D eigenvalue weighted by Gasteiger charge is 2.19. The van der Waals surface area contributed by atoms with Crippen molar-refractivity contribution in [3.63, 3.8) is 0 Å². The summed E-state index contributed by atoms with van der Waals surface area (Å²) in [5.74, 6) is 1.96. The minimum Gasteiger partial charge on any atom is -0.308 e. The molecule has 11 aromatic rings. The summed E-state index contributed by atoms with van der Waals surface area (Å²) in [6.07, 6.45) is 0. The topological polar surface area (TPSA) is 43.6 Å². The molecule has 7 aromatic carbocycles. The molecule has 4 aromatic heterocycles. The van der Waals surface area contributed by atoms with E-state index in [1.807, 2.05) is 29.5 Å². The summed E-state index contributed by atoms with van der Waals surface area (Å²) < 4.78 is 7.51. The molecule has 0 atom stereocenters. The van der Waals surface area contributed by atoms with Crippen LogP contribution in [0.25, 0.3) is 102 Å². The van der Waals surface area contributed by atoms with Gasteiger partial charge in [0.1, 0.15) is 0 Å². The standard InChI is InChI=1S/C45H26N4S2/c1-2-11-27(12-3-1)43-46-44(48-45(47-43)29-21-22-34-32-16-5-8-19-38(32)50-40(34)26-29)28-13-10-14-30(25-28)49-37-18-7-4-15-31(37)35-23-24-36-33-17-6-9-20-39(33)51-42(36)41(35)49/h1-26H. The second kappa shape index (κ2) is 11.2. The number of thiophene rings is 2. The van der Waals surface area contributed by atoms with E-state index in [0.29, 0.717) is 17.5 Å². The van der Waals surface area contributed by atoms with Gasteiger partial charge in [0.25, 0.3) is 0 Å². The number of fused-ring (bicyclic) bond motifs is 10. The predicted molar refractivity (Wildman–Crippen MR) is 216 cm³/mol. The van der Waals surface area contributed by atoms with Gasteiger partial charge in [-0.25, -0.2) is 15.0 Å². The van der Waals surface area contributed by atoms with Crippen LogP contribution in [0.1, 0.15) is 0 Å². The van der Waals surface area contributed by atoms with Gasteiger partial charge in [0, 0.05) is 68.8 Å². The molecule has 0 aliphatic heterocycles. The Bertz CT molecular complexity index is 3150. The van der Waals surface area contributed by atoms with Crippen LogP contribution in [0.3, 0.4) is 0 Å². The highest BCUT2D eigenvalue weighted by molar-refractivity contribution is 7.26. The Balaban J connectivity index is 1.13. The van der Waals surface area contributed by atoms with Gasteiger partial charge in [-0.2, -0.15) is 0 Å². The first-order chi connectivity index (χ1) is 25.3. The van der Waals surface area contributed by atoms with Crippen molar-refractivity contribution >= 4 is 84.8 Å². The fraction of sp³-hybridized carbons (Fsp3) is 0. The van der Waals surface area contributed by atoms with Crippen molar-refractivity contribution in [1.82, 2.24) is 19.5 Å². The number of nitrogens with zero attached hydrogens (tertiary/aromatic N) is 4. The van der Waals surface area contributed by atoms with Crippen molar-refractivity contribution in [3.05, 3.63) is 158 Å². The predicted octanol–water partition coefficient (Wildman–Crippen LogP) is 12.7. The van der Waals surface area contributed by atoms with Crippen LogP contribution in [-0.2, 0) is 0 Å². The molecule has 0 saturated carbocycles. The molecule has 0 amide bonds. The van der Waals surface area contributed by atoms with Gasteiger partial charge in [0.15, 0.2) is 17.5 Å². The quantitative estimate of drug-likeness (QED) is 0.185. The molecule has 238 valence electrons. The SMILES string of the molecule is c1ccc(-c2nc(-c3cccc(-n4c5ccccc5c5ccc6c7ccccc7sc6c54)c3)nc(-c3ccc4c(c3)sc3ccccc34)n2)cc1. The van der Waals surface area contributed by atoms with E-state index < -0.39 is 0 Å². The number of hydrogen-bond donors (Lipinski definition) is 0. The second-order valence-electron chi connectivity index (χ2n) is 12.8. The van der Waals surface area contributed by atoms with Gasteiger partial charge in [-0.05, 0) is 36.4 Å². The first-order valence-corrected chi connectivity index (χ1v) is 18.6. The number of aromatic nitrogens is 4. The van der Waals surface area contributed by atoms with Crippen LogP contribution in [0.15, 0.2) is 158 Å². The van der Waals surface area contributed by atoms with Crippen LogP contribution in [0.2, 0.25) is 0 Å². The molecule has 0 spiro atoms. The monoisotopic (exact) mass is 686 g/mol. The molecule has 6 heteroatoms. The third kappa shape index (κ3) is 4.47. The molecular weight excluding hydrogens is 661 g/mol. The third-order valence-electron chi connectivity index (χ3n) is 9.85. The van der Waals surface area contributed by atoms with Crippen molar-refractivity contribution in [1.29, 1.82) is 0 Å². The molecule has 51 heavy (non-hydrogen) atoms. The Morgan fingerprint density at radius 1 is 0.373 bits per heavy atom. The zero-order valence-electron chi connectivity index (χ0n) is 27.1. The maximum absolute atomic E-state index is 5.16. The fourth-order valence-corrected chi connectivity index (χ4v) is 9.88. The van der Waals surface area contributed by atoms with Gasteiger partial charge in [-0.1, -0.05) is 121 Å². The zero-order valence-corrected chi connectivity index (χ0v) is 28.7. The number of para-hydroxylation sites is 1. The lowest BCUT2D eigenvalue weighted by Crippen LogP contribution is -2.01. The van der Waals surface area contributed by atoms with E-state index >= 15 is 0 Å². The Morgan fingerprint density at radius 3 is 1.75 bits per heavy atom. The maximum atomic E-state index is 5.16. The second-order valence-corrected chi connectivity index (χ2v) is 15.0. The van der Waals surface area contributed by atoms with Crippen LogP contribution in [-0.4, -0.2) is 19.5 Å². The first-order valence-electron chi connectivity index (χ1n) is 16.9. The Kier molecular flexibility index (Phi) is 6.26. The normalized spacial score (nSPS) is 11.9. The van der Waals surface area contributed by atoms with Gasteiger partial charge in [-0.15, -0.1) is 22.7 Å². The summed E-state index contributed by atoms with van der Waals surface area (Å²) in [6.45, 7) is 0. The number of hydrogen-bond acceptors (Lipinski definition) is 5. The van der Waals surface area contributed by atoms with E-state index in [1.165, 1.54) is 62.2 Å². The van der Waals surface area contributed by atoms with E-state index in [9.17, 15) is 0 Å². The molecule has 0 aliphatic rings. The van der Waals surface area contributed by atoms with Gasteiger partial charge >= 0.3 is 0 Å². The van der Waals surface area contributed by atoms with Gasteiger partial charge < -0.3 is 4.57 Å². The van der Waals surface area contributed by atoms with E-state index in [-0.39, 0.29) is 0 Å². The number of rotatable bonds is 4. The van der Waals surface area contributed by atoms with Gasteiger partial charge in [0.05, 0.1) is 15.7 Å². The lowest BCUT2D eigenvalue weighted by Gasteiger charge is -2.12. The highest BCUT2D eigenvalue weighted by Crippen LogP contribution is 2.43. The van der Waals surface area contributed by atoms with E-state index in [1.54, 1.807) is 11.3 Å². The average molecular weight is 687 g/mol. The Hall–Kier alpha value is -6.21. The van der Waals surface area contributed by atoms with Crippen molar-refractivity contribution in [2.75, 3.05) is 0 Å². The summed E-state index contributed by atoms with van der Waals surface area (Å²) >= 11 is 3.67. The summed E-state index contributed by atoms with van der Waals surface area (Å²) in [4.78, 5) is 15.3. The van der Waals surface area contributed by atoms with Gasteiger partial charge in [0.2, 0.25) is 0 Å². The first kappa shape index (κ1) is 28.6. The van der Waals surface area contributed by atoms with Crippen molar-refractivity contribution < 1.29 is 0 Å². The molecule has 0 aliphatic carbocycles. The Labute approximate surface area is 300 Å². The minimum atomic E-state index is 0.643. The lowest BCUT2D eigenvalue weighted by molar-refractivity contribution is 1.07. The zero-order chi connectivity index (χ0) is 33.5. The molecule has 4 nitrogen and oxygen atoms in total. The van der Waals surface area contributed by atoms with E-state index in [0.717, 1.165) is 22.4 Å². The van der Waals surface area contributed by atoms with Crippen LogP contribution in [0, 0.1) is 0 Å². The highest BCUT2D eigenvalue weighted by atomic mass is 32.1. The molecule has 4 heterocycles. The average Bonchev–Trinajstić information content (AvgIpc) is 3.87. The number of benzene rings is 7. The van der Waals surface area contributed by atoms with Crippen LogP contribution < -0.4 is 0 Å². The molecule has 0 N–H and O–H groups in total. The molecule has 0 radical (unpaired) electrons. The molecule has 11 rings (SSSR count). The minimum absolute atomic E-state index is 0.643. The molecule has 0 bridgehead atoms. The van der Waals surface area contributed by atoms with Crippen LogP contribution >= 0.6 is 22.7 Å². The van der Waals surface area contributed by atoms with E-state index in [2.05, 4.69) is 144 Å². The van der Waals surface area contributed by atoms with Crippen molar-refractivity contribution in [3.8, 4) is 39.9 Å². The fourth-order valence-electron chi connectivity index (χ4n) is 7.50. The van der Waals surface area contributed by atoms with Crippen LogP contribution in [0.5, 0.6) is 0 Å². The van der Waals surface area contributed by atoms with Crippen molar-refractivity contribution in [2.45, 2.75) is 0 Å². The lowest BCUT2D eigenvalue weighted by atomic mass is 10.1. The summed E-state index contributed by atoms with van der Waals surface area (Å²) in [6, 6.07) is 56.0. The summed E-state index contributed by atoms with van der Waals surface area (Å²) in [5.41, 5.74) is 6.33. The summed E-state index contributed by atoms with van der Waals surface area (Å²) in [5, 5.41) is 7.60. The van der Waals surface area contributed by atoms with Crippen molar-refractivity contribution in [2.24, 2.45) is 0 Å². The summed E-state index contributed by atoms with van der Waals surface area (Å²) in [7, 11) is 0. The van der Waals surface area contributed by atoms with Gasteiger partial charge in [-0.3, -0.25) is 0 Å². The van der Waals surface area contributed by atoms with Crippen LogP contribution in [0.4, 0.5) is 0 Å². The molecule has 0 saturated heterocycles. The Morgan fingerprint density at radius 2 is 0.941 bits per heavy atom. The largest absolute Gasteiger partial charge is 0.308 e. The third-order valence-corrected chi connectivity index (χ3v) is 12.2. The van der Waals surface area contributed by atoms with E-state index in [4.69, 9.17) is 15.0 Å².